The van der Waals surface area contributed by atoms with E-state index < -0.39 is 10.0 Å². The van der Waals surface area contributed by atoms with Gasteiger partial charge in [0.15, 0.2) is 0 Å². The Bertz CT molecular complexity index is 247. The van der Waals surface area contributed by atoms with Crippen molar-refractivity contribution in [2.45, 2.75) is 0 Å². The van der Waals surface area contributed by atoms with Crippen LogP contribution in [0, 0.1) is 0 Å². The van der Waals surface area contributed by atoms with Crippen molar-refractivity contribution in [3.8, 4) is 0 Å². The Morgan fingerprint density at radius 1 is 1.60 bits per heavy atom. The van der Waals surface area contributed by atoms with Gasteiger partial charge in [0.1, 0.15) is 0 Å². The van der Waals surface area contributed by atoms with E-state index >= 15 is 0 Å². The molecule has 0 aromatic heterocycles. The Balaban J connectivity index is 3.92. The molecule has 0 rings (SSSR count). The number of hydrogen-bond donors (Lipinski definition) is 1. The molecule has 0 aromatic carbocycles. The topological polar surface area (TPSA) is 46.2 Å². The third-order valence-electron chi connectivity index (χ3n) is 0.750. The summed E-state index contributed by atoms with van der Waals surface area (Å²) in [5.74, 6) is 0. The maximum absolute atomic E-state index is 10.6. The lowest BCUT2D eigenvalue weighted by Gasteiger charge is -1.94. The minimum atomic E-state index is -3.28. The highest BCUT2D eigenvalue weighted by Crippen LogP contribution is 1.81. The maximum atomic E-state index is 10.6. The summed E-state index contributed by atoms with van der Waals surface area (Å²) < 4.78 is 23.4. The van der Waals surface area contributed by atoms with Crippen molar-refractivity contribution < 1.29 is 8.42 Å². The molecule has 4 heteroatoms. The summed E-state index contributed by atoms with van der Waals surface area (Å²) in [7, 11) is -3.28. The average Bonchev–Trinajstić information content (AvgIpc) is 1.89. The van der Waals surface area contributed by atoms with E-state index in [0.29, 0.717) is 0 Å². The summed E-state index contributed by atoms with van der Waals surface area (Å²) in [6.45, 7) is 6.58. The maximum Gasteiger partial charge on any atom is 0.233 e. The van der Waals surface area contributed by atoms with E-state index in [4.69, 9.17) is 0 Å². The van der Waals surface area contributed by atoms with Crippen LogP contribution < -0.4 is 4.72 Å². The number of hydrogen-bond acceptors (Lipinski definition) is 2. The minimum absolute atomic E-state index is 0.206. The first kappa shape index (κ1) is 9.17. The van der Waals surface area contributed by atoms with Crippen LogP contribution in [0.4, 0.5) is 0 Å². The van der Waals surface area contributed by atoms with Crippen molar-refractivity contribution >= 4 is 10.0 Å². The van der Waals surface area contributed by atoms with Gasteiger partial charge in [-0.05, 0) is 6.08 Å². The third-order valence-corrected chi connectivity index (χ3v) is 1.76. The van der Waals surface area contributed by atoms with Crippen molar-refractivity contribution in [3.63, 3.8) is 0 Å². The van der Waals surface area contributed by atoms with Gasteiger partial charge in [-0.2, -0.15) is 0 Å². The van der Waals surface area contributed by atoms with Crippen molar-refractivity contribution in [1.82, 2.24) is 4.72 Å². The molecule has 0 fully saturated rings. The smallest absolute Gasteiger partial charge is 0.208 e. The van der Waals surface area contributed by atoms with Crippen molar-refractivity contribution in [3.05, 3.63) is 30.4 Å². The first-order chi connectivity index (χ1) is 4.62. The van der Waals surface area contributed by atoms with Gasteiger partial charge in [-0.25, -0.2) is 13.1 Å². The van der Waals surface area contributed by atoms with Crippen LogP contribution in [0.2, 0.25) is 0 Å². The molecule has 0 heterocycles. The monoisotopic (exact) mass is 159 g/mol. The predicted octanol–water partition coefficient (Wildman–Crippen LogP) is 0.390. The zero-order valence-corrected chi connectivity index (χ0v) is 6.32. The molecular weight excluding hydrogens is 150 g/mol. The Labute approximate surface area is 60.8 Å². The van der Waals surface area contributed by atoms with E-state index in [-0.39, 0.29) is 6.54 Å². The number of rotatable bonds is 4. The fourth-order valence-corrected chi connectivity index (χ4v) is 0.722. The van der Waals surface area contributed by atoms with Gasteiger partial charge in [0, 0.05) is 12.0 Å². The standard InChI is InChI=1S/C6H9NO2S/c1-3-5-6-7-10(8,9)4-2/h4-5,7H,1-2,6H2. The minimum Gasteiger partial charge on any atom is -0.208 e. The van der Waals surface area contributed by atoms with Crippen LogP contribution in [0.25, 0.3) is 0 Å². The van der Waals surface area contributed by atoms with Gasteiger partial charge in [0.25, 0.3) is 0 Å². The third kappa shape index (κ3) is 4.09. The molecule has 0 saturated heterocycles. The van der Waals surface area contributed by atoms with Gasteiger partial charge in [-0.1, -0.05) is 13.2 Å². The van der Waals surface area contributed by atoms with E-state index in [1.54, 1.807) is 0 Å². The van der Waals surface area contributed by atoms with Crippen molar-refractivity contribution in [2.24, 2.45) is 0 Å². The number of sulfonamides is 1. The SMILES string of the molecule is C=C=CCNS(=O)(=O)C=C. The highest BCUT2D eigenvalue weighted by molar-refractivity contribution is 7.92. The molecule has 0 radical (unpaired) electrons. The molecule has 0 spiro atoms. The largest absolute Gasteiger partial charge is 0.233 e. The molecule has 0 amide bonds. The van der Waals surface area contributed by atoms with Gasteiger partial charge < -0.3 is 0 Å². The molecule has 0 aliphatic heterocycles. The molecule has 1 N–H and O–H groups in total. The van der Waals surface area contributed by atoms with Gasteiger partial charge in [0.2, 0.25) is 10.0 Å². The van der Waals surface area contributed by atoms with Crippen molar-refractivity contribution in [2.75, 3.05) is 6.54 Å². The molecule has 0 aliphatic carbocycles. The summed E-state index contributed by atoms with van der Waals surface area (Å²) in [5.41, 5.74) is 2.43. The van der Waals surface area contributed by atoms with E-state index in [9.17, 15) is 8.42 Å². The van der Waals surface area contributed by atoms with Gasteiger partial charge in [-0.3, -0.25) is 0 Å². The highest BCUT2D eigenvalue weighted by Gasteiger charge is 1.98. The zero-order chi connectivity index (χ0) is 8.04. The van der Waals surface area contributed by atoms with E-state index in [0.717, 1.165) is 5.41 Å². The second-order valence-corrected chi connectivity index (χ2v) is 3.18. The second-order valence-electron chi connectivity index (χ2n) is 1.47. The van der Waals surface area contributed by atoms with Crippen LogP contribution >= 0.6 is 0 Å². The quantitative estimate of drug-likeness (QED) is 0.603. The molecular formula is C6H9NO2S. The van der Waals surface area contributed by atoms with Crippen LogP contribution in [0.15, 0.2) is 30.4 Å². The van der Waals surface area contributed by atoms with Crippen molar-refractivity contribution in [1.29, 1.82) is 0 Å². The predicted molar refractivity (Wildman–Crippen MR) is 40.8 cm³/mol. The lowest BCUT2D eigenvalue weighted by molar-refractivity contribution is 0.595. The van der Waals surface area contributed by atoms with Gasteiger partial charge in [-0.15, -0.1) is 5.73 Å². The van der Waals surface area contributed by atoms with E-state index in [1.165, 1.54) is 6.08 Å². The average molecular weight is 159 g/mol. The van der Waals surface area contributed by atoms with Crippen LogP contribution in [-0.4, -0.2) is 15.0 Å². The molecule has 0 saturated carbocycles. The summed E-state index contributed by atoms with van der Waals surface area (Å²) in [6, 6.07) is 0. The van der Waals surface area contributed by atoms with E-state index in [2.05, 4.69) is 23.6 Å². The normalized spacial score (nSPS) is 10.0. The van der Waals surface area contributed by atoms with E-state index in [1.807, 2.05) is 0 Å². The van der Waals surface area contributed by atoms with Gasteiger partial charge in [0.05, 0.1) is 0 Å². The summed E-state index contributed by atoms with van der Waals surface area (Å²) in [5, 5.41) is 0.851. The van der Waals surface area contributed by atoms with Crippen LogP contribution in [-0.2, 0) is 10.0 Å². The molecule has 0 unspecified atom stereocenters. The lowest BCUT2D eigenvalue weighted by atomic mass is 10.6. The Kier molecular flexibility index (Phi) is 3.72. The summed E-state index contributed by atoms with van der Waals surface area (Å²) in [4.78, 5) is 0. The number of nitrogens with one attached hydrogen (secondary N) is 1. The lowest BCUT2D eigenvalue weighted by Crippen LogP contribution is -2.20. The Hall–Kier alpha value is -0.830. The molecule has 0 atom stereocenters. The fourth-order valence-electron chi connectivity index (χ4n) is 0.289. The van der Waals surface area contributed by atoms with Crippen LogP contribution in [0.1, 0.15) is 0 Å². The van der Waals surface area contributed by atoms with Crippen LogP contribution in [0.3, 0.4) is 0 Å². The molecule has 3 nitrogen and oxygen atoms in total. The molecule has 0 aliphatic rings. The molecule has 10 heavy (non-hydrogen) atoms. The fraction of sp³-hybridized carbons (Fsp3) is 0.167. The Morgan fingerprint density at radius 3 is 2.60 bits per heavy atom. The first-order valence-electron chi connectivity index (χ1n) is 2.59. The highest BCUT2D eigenvalue weighted by atomic mass is 32.2. The molecule has 0 aromatic rings. The first-order valence-corrected chi connectivity index (χ1v) is 4.13. The molecule has 56 valence electrons. The zero-order valence-electron chi connectivity index (χ0n) is 5.50. The molecule has 0 bridgehead atoms. The Morgan fingerprint density at radius 2 is 2.20 bits per heavy atom. The van der Waals surface area contributed by atoms with Crippen LogP contribution in [0.5, 0.6) is 0 Å². The summed E-state index contributed by atoms with van der Waals surface area (Å²) in [6.07, 6.45) is 1.47. The second kappa shape index (κ2) is 4.06. The van der Waals surface area contributed by atoms with Gasteiger partial charge >= 0.3 is 0 Å². The summed E-state index contributed by atoms with van der Waals surface area (Å²) >= 11 is 0.